The highest BCUT2D eigenvalue weighted by Gasteiger charge is 2.09. The summed E-state index contributed by atoms with van der Waals surface area (Å²) < 4.78 is 5.67. The molecule has 0 radical (unpaired) electrons. The van der Waals surface area contributed by atoms with Crippen molar-refractivity contribution in [2.45, 2.75) is 25.7 Å². The van der Waals surface area contributed by atoms with Crippen LogP contribution in [0.25, 0.3) is 0 Å². The fourth-order valence-corrected chi connectivity index (χ4v) is 3.10. The molecule has 0 aliphatic heterocycles. The number of thiol groups is 1. The summed E-state index contributed by atoms with van der Waals surface area (Å²) in [6.07, 6.45) is 0.929. The highest BCUT2D eigenvalue weighted by Crippen LogP contribution is 2.26. The van der Waals surface area contributed by atoms with Crippen LogP contribution in [0.2, 0.25) is 5.02 Å². The van der Waals surface area contributed by atoms with Gasteiger partial charge in [0.15, 0.2) is 0 Å². The van der Waals surface area contributed by atoms with Gasteiger partial charge in [0.2, 0.25) is 0 Å². The zero-order chi connectivity index (χ0) is 13.0. The molecule has 0 spiro atoms. The topological polar surface area (TPSA) is 22.1 Å². The summed E-state index contributed by atoms with van der Waals surface area (Å²) in [7, 11) is 0. The minimum Gasteiger partial charge on any atom is -0.485 e. The summed E-state index contributed by atoms with van der Waals surface area (Å²) in [6.45, 7) is 2.55. The maximum absolute atomic E-state index is 6.03. The van der Waals surface area contributed by atoms with E-state index in [-0.39, 0.29) is 0 Å². The van der Waals surface area contributed by atoms with Gasteiger partial charge in [-0.15, -0.1) is 11.3 Å². The van der Waals surface area contributed by atoms with Crippen LogP contribution in [0.1, 0.15) is 22.5 Å². The van der Waals surface area contributed by atoms with Crippen LogP contribution in [0.4, 0.5) is 0 Å². The van der Waals surface area contributed by atoms with Crippen molar-refractivity contribution in [3.05, 3.63) is 44.9 Å². The molecule has 0 unspecified atom stereocenters. The van der Waals surface area contributed by atoms with E-state index in [1.165, 1.54) is 4.88 Å². The van der Waals surface area contributed by atoms with E-state index in [0.717, 1.165) is 22.9 Å². The second-order valence-electron chi connectivity index (χ2n) is 3.71. The zero-order valence-corrected chi connectivity index (χ0v) is 12.5. The van der Waals surface area contributed by atoms with E-state index in [2.05, 4.69) is 24.5 Å². The van der Waals surface area contributed by atoms with Crippen molar-refractivity contribution in [3.8, 4) is 5.75 Å². The monoisotopic (exact) mass is 299 g/mol. The Balaban J connectivity index is 2.06. The number of rotatable bonds is 5. The van der Waals surface area contributed by atoms with Crippen molar-refractivity contribution in [2.75, 3.05) is 0 Å². The SMILES string of the molecule is CCc1nc(COc2ccccc2Cl)sc1CS. The first-order valence-corrected chi connectivity index (χ1v) is 7.53. The van der Waals surface area contributed by atoms with Crippen molar-refractivity contribution < 1.29 is 4.74 Å². The maximum atomic E-state index is 6.03. The molecule has 5 heteroatoms. The summed E-state index contributed by atoms with van der Waals surface area (Å²) in [5, 5.41) is 1.59. The molecular weight excluding hydrogens is 286 g/mol. The number of aryl methyl sites for hydroxylation is 1. The molecule has 0 N–H and O–H groups in total. The normalized spacial score (nSPS) is 10.6. The van der Waals surface area contributed by atoms with Crippen LogP contribution in [-0.2, 0) is 18.8 Å². The molecule has 0 saturated carbocycles. The lowest BCUT2D eigenvalue weighted by molar-refractivity contribution is 0.305. The number of halogens is 1. The highest BCUT2D eigenvalue weighted by molar-refractivity contribution is 7.79. The average Bonchev–Trinajstić information content (AvgIpc) is 2.80. The van der Waals surface area contributed by atoms with Gasteiger partial charge in [-0.05, 0) is 18.6 Å². The largest absolute Gasteiger partial charge is 0.485 e. The van der Waals surface area contributed by atoms with Crippen molar-refractivity contribution >= 4 is 35.6 Å². The van der Waals surface area contributed by atoms with Gasteiger partial charge in [-0.25, -0.2) is 4.98 Å². The molecule has 0 bridgehead atoms. The molecule has 0 aliphatic rings. The summed E-state index contributed by atoms with van der Waals surface area (Å²) in [6, 6.07) is 7.46. The summed E-state index contributed by atoms with van der Waals surface area (Å²) in [4.78, 5) is 5.77. The van der Waals surface area contributed by atoms with Gasteiger partial charge in [-0.3, -0.25) is 0 Å². The van der Waals surface area contributed by atoms with Crippen LogP contribution >= 0.6 is 35.6 Å². The Kier molecular flexibility index (Phi) is 4.92. The molecule has 0 fully saturated rings. The Morgan fingerprint density at radius 1 is 1.39 bits per heavy atom. The van der Waals surface area contributed by atoms with Crippen molar-refractivity contribution in [3.63, 3.8) is 0 Å². The molecular formula is C13H14ClNOS2. The van der Waals surface area contributed by atoms with E-state index in [0.29, 0.717) is 17.4 Å². The van der Waals surface area contributed by atoms with Crippen molar-refractivity contribution in [1.29, 1.82) is 0 Å². The quantitative estimate of drug-likeness (QED) is 0.828. The van der Waals surface area contributed by atoms with Crippen LogP contribution in [0.15, 0.2) is 24.3 Å². The lowest BCUT2D eigenvalue weighted by Crippen LogP contribution is -1.95. The summed E-state index contributed by atoms with van der Waals surface area (Å²) in [5.74, 6) is 1.42. The molecule has 2 nitrogen and oxygen atoms in total. The number of para-hydroxylation sites is 1. The summed E-state index contributed by atoms with van der Waals surface area (Å²) in [5.41, 5.74) is 1.12. The predicted octanol–water partition coefficient (Wildman–Crippen LogP) is 4.37. The molecule has 2 rings (SSSR count). The Hall–Kier alpha value is -0.710. The molecule has 0 aliphatic carbocycles. The molecule has 1 aromatic carbocycles. The molecule has 0 amide bonds. The van der Waals surface area contributed by atoms with Crippen LogP contribution in [0.5, 0.6) is 5.75 Å². The molecule has 1 aromatic heterocycles. The Morgan fingerprint density at radius 2 is 2.17 bits per heavy atom. The fourth-order valence-electron chi connectivity index (χ4n) is 1.60. The number of nitrogens with zero attached hydrogens (tertiary/aromatic N) is 1. The molecule has 0 saturated heterocycles. The first-order valence-electron chi connectivity index (χ1n) is 5.70. The number of thiazole rings is 1. The second kappa shape index (κ2) is 6.45. The van der Waals surface area contributed by atoms with Gasteiger partial charge in [-0.2, -0.15) is 12.6 Å². The molecule has 1 heterocycles. The minimum atomic E-state index is 0.454. The zero-order valence-electron chi connectivity index (χ0n) is 10.0. The van der Waals surface area contributed by atoms with Gasteiger partial charge in [0.05, 0.1) is 10.7 Å². The van der Waals surface area contributed by atoms with Crippen molar-refractivity contribution in [1.82, 2.24) is 4.98 Å². The van der Waals surface area contributed by atoms with E-state index >= 15 is 0 Å². The van der Waals surface area contributed by atoms with Gasteiger partial charge in [0.25, 0.3) is 0 Å². The molecule has 18 heavy (non-hydrogen) atoms. The van der Waals surface area contributed by atoms with Gasteiger partial charge in [-0.1, -0.05) is 30.7 Å². The smallest absolute Gasteiger partial charge is 0.140 e. The van der Waals surface area contributed by atoms with Crippen molar-refractivity contribution in [2.24, 2.45) is 0 Å². The number of hydrogen-bond donors (Lipinski definition) is 1. The van der Waals surface area contributed by atoms with E-state index < -0.39 is 0 Å². The highest BCUT2D eigenvalue weighted by atomic mass is 35.5. The van der Waals surface area contributed by atoms with Crippen LogP contribution in [0.3, 0.4) is 0 Å². The standard InChI is InChI=1S/C13H14ClNOS2/c1-2-10-12(8-17)18-13(15-10)7-16-11-6-4-3-5-9(11)14/h3-6,17H,2,7-8H2,1H3. The van der Waals surface area contributed by atoms with Gasteiger partial charge >= 0.3 is 0 Å². The Morgan fingerprint density at radius 3 is 2.78 bits per heavy atom. The van der Waals surface area contributed by atoms with Gasteiger partial charge in [0.1, 0.15) is 17.4 Å². The Labute approximate surface area is 121 Å². The average molecular weight is 300 g/mol. The fraction of sp³-hybridized carbons (Fsp3) is 0.308. The lowest BCUT2D eigenvalue weighted by atomic mass is 10.3. The Bertz CT molecular complexity index is 506. The molecule has 96 valence electrons. The van der Waals surface area contributed by atoms with Crippen LogP contribution in [0, 0.1) is 0 Å². The van der Waals surface area contributed by atoms with E-state index in [9.17, 15) is 0 Å². The van der Waals surface area contributed by atoms with Crippen LogP contribution in [-0.4, -0.2) is 4.98 Å². The lowest BCUT2D eigenvalue weighted by Gasteiger charge is -2.05. The number of aromatic nitrogens is 1. The van der Waals surface area contributed by atoms with E-state index in [4.69, 9.17) is 16.3 Å². The minimum absolute atomic E-state index is 0.454. The number of ether oxygens (including phenoxy) is 1. The third-order valence-corrected chi connectivity index (χ3v) is 4.40. The van der Waals surface area contributed by atoms with E-state index in [1.54, 1.807) is 11.3 Å². The first kappa shape index (κ1) is 13.7. The third-order valence-electron chi connectivity index (χ3n) is 2.49. The number of benzene rings is 1. The van der Waals surface area contributed by atoms with Crippen LogP contribution < -0.4 is 4.74 Å². The first-order chi connectivity index (χ1) is 8.74. The van der Waals surface area contributed by atoms with Gasteiger partial charge in [0, 0.05) is 10.6 Å². The maximum Gasteiger partial charge on any atom is 0.140 e. The second-order valence-corrected chi connectivity index (χ2v) is 5.60. The van der Waals surface area contributed by atoms with E-state index in [1.807, 2.05) is 24.3 Å². The molecule has 0 atom stereocenters. The third kappa shape index (κ3) is 3.19. The molecule has 2 aromatic rings. The van der Waals surface area contributed by atoms with Gasteiger partial charge < -0.3 is 4.74 Å². The number of hydrogen-bond acceptors (Lipinski definition) is 4. The summed E-state index contributed by atoms with van der Waals surface area (Å²) >= 11 is 12.0. The predicted molar refractivity (Wildman–Crippen MR) is 80.0 cm³/mol.